The number of para-hydroxylation sites is 2. The van der Waals surface area contributed by atoms with E-state index in [2.05, 4.69) is 5.10 Å². The molecule has 6 nitrogen and oxygen atoms in total. The van der Waals surface area contributed by atoms with Crippen molar-refractivity contribution in [2.75, 3.05) is 0 Å². The summed E-state index contributed by atoms with van der Waals surface area (Å²) in [5.41, 5.74) is 0. The van der Waals surface area contributed by atoms with Gasteiger partial charge in [0.15, 0.2) is 17.2 Å². The van der Waals surface area contributed by atoms with E-state index in [-0.39, 0.29) is 12.3 Å². The van der Waals surface area contributed by atoms with Gasteiger partial charge in [-0.2, -0.15) is 5.10 Å². The Labute approximate surface area is 96.7 Å². The molecule has 0 fully saturated rings. The molecule has 0 amide bonds. The second-order valence-corrected chi connectivity index (χ2v) is 3.34. The van der Waals surface area contributed by atoms with Crippen LogP contribution in [0.3, 0.4) is 0 Å². The molecule has 0 atom stereocenters. The van der Waals surface area contributed by atoms with Crippen molar-refractivity contribution >= 4 is 5.97 Å². The van der Waals surface area contributed by atoms with Crippen LogP contribution in [0.4, 0.5) is 0 Å². The first-order valence-corrected chi connectivity index (χ1v) is 4.85. The molecule has 0 aliphatic carbocycles. The van der Waals surface area contributed by atoms with E-state index in [0.29, 0.717) is 11.5 Å². The third-order valence-electron chi connectivity index (χ3n) is 2.00. The largest absolute Gasteiger partial charge is 0.504 e. The Morgan fingerprint density at radius 1 is 1.41 bits per heavy atom. The highest BCUT2D eigenvalue weighted by atomic mass is 16.5. The van der Waals surface area contributed by atoms with Gasteiger partial charge in [-0.15, -0.1) is 0 Å². The highest BCUT2D eigenvalue weighted by Crippen LogP contribution is 2.29. The normalized spacial score (nSPS) is 10.1. The number of nitrogens with zero attached hydrogens (tertiary/aromatic N) is 2. The van der Waals surface area contributed by atoms with Gasteiger partial charge in [-0.1, -0.05) is 12.1 Å². The van der Waals surface area contributed by atoms with Gasteiger partial charge >= 0.3 is 5.97 Å². The van der Waals surface area contributed by atoms with Crippen molar-refractivity contribution in [2.45, 2.75) is 6.54 Å². The molecule has 0 unspecified atom stereocenters. The average molecular weight is 234 g/mol. The number of carboxylic acids is 1. The van der Waals surface area contributed by atoms with Crippen LogP contribution in [0, 0.1) is 0 Å². The summed E-state index contributed by atoms with van der Waals surface area (Å²) in [5, 5.41) is 21.9. The molecule has 1 aromatic carbocycles. The smallest absolute Gasteiger partial charge is 0.325 e. The van der Waals surface area contributed by atoms with E-state index in [1.165, 1.54) is 23.1 Å². The van der Waals surface area contributed by atoms with E-state index in [4.69, 9.17) is 9.84 Å². The van der Waals surface area contributed by atoms with E-state index < -0.39 is 5.97 Å². The van der Waals surface area contributed by atoms with Gasteiger partial charge in [-0.3, -0.25) is 9.48 Å². The van der Waals surface area contributed by atoms with Gasteiger partial charge < -0.3 is 14.9 Å². The topological polar surface area (TPSA) is 84.6 Å². The monoisotopic (exact) mass is 234 g/mol. The van der Waals surface area contributed by atoms with Crippen molar-refractivity contribution in [3.8, 4) is 17.2 Å². The zero-order valence-corrected chi connectivity index (χ0v) is 8.78. The summed E-state index contributed by atoms with van der Waals surface area (Å²) >= 11 is 0. The number of carbonyl (C=O) groups is 1. The highest BCUT2D eigenvalue weighted by Gasteiger charge is 2.06. The third-order valence-corrected chi connectivity index (χ3v) is 2.00. The number of carboxylic acid groups (broad SMARTS) is 1. The van der Waals surface area contributed by atoms with Crippen molar-refractivity contribution in [1.29, 1.82) is 0 Å². The lowest BCUT2D eigenvalue weighted by Gasteiger charge is -2.03. The predicted octanol–water partition coefficient (Wildman–Crippen LogP) is 1.47. The van der Waals surface area contributed by atoms with Gasteiger partial charge in [-0.25, -0.2) is 0 Å². The van der Waals surface area contributed by atoms with E-state index in [1.54, 1.807) is 18.2 Å². The van der Waals surface area contributed by atoms with Gasteiger partial charge in [0.1, 0.15) is 6.54 Å². The van der Waals surface area contributed by atoms with Crippen LogP contribution in [-0.4, -0.2) is 26.0 Å². The number of aromatic hydroxyl groups is 1. The molecule has 1 aromatic heterocycles. The number of aliphatic carboxylic acids is 1. The molecule has 0 radical (unpaired) electrons. The molecule has 0 spiro atoms. The zero-order chi connectivity index (χ0) is 12.3. The number of phenolic OH excluding ortho intramolecular Hbond substituents is 1. The second-order valence-electron chi connectivity index (χ2n) is 3.34. The molecule has 2 aromatic rings. The van der Waals surface area contributed by atoms with E-state index in [1.807, 2.05) is 0 Å². The van der Waals surface area contributed by atoms with Gasteiger partial charge in [-0.05, 0) is 12.1 Å². The predicted molar refractivity (Wildman–Crippen MR) is 58.0 cm³/mol. The summed E-state index contributed by atoms with van der Waals surface area (Å²) in [7, 11) is 0. The number of benzene rings is 1. The Kier molecular flexibility index (Phi) is 2.95. The van der Waals surface area contributed by atoms with E-state index in [0.717, 1.165) is 0 Å². The number of rotatable bonds is 4. The Morgan fingerprint density at radius 3 is 2.88 bits per heavy atom. The molecule has 2 N–H and O–H groups in total. The Hall–Kier alpha value is -2.50. The number of hydrogen-bond donors (Lipinski definition) is 2. The molecule has 0 aliphatic rings. The summed E-state index contributed by atoms with van der Waals surface area (Å²) in [6.45, 7) is -0.232. The Bertz CT molecular complexity index is 536. The fraction of sp³-hybridized carbons (Fsp3) is 0.0909. The van der Waals surface area contributed by atoms with Crippen LogP contribution in [0.2, 0.25) is 0 Å². The minimum atomic E-state index is -0.984. The Morgan fingerprint density at radius 2 is 2.18 bits per heavy atom. The summed E-state index contributed by atoms with van der Waals surface area (Å²) in [4.78, 5) is 10.4. The fourth-order valence-electron chi connectivity index (χ4n) is 1.29. The fourth-order valence-corrected chi connectivity index (χ4v) is 1.29. The Balaban J connectivity index is 2.12. The van der Waals surface area contributed by atoms with Gasteiger partial charge in [0, 0.05) is 0 Å². The maximum Gasteiger partial charge on any atom is 0.325 e. The molecule has 0 bridgehead atoms. The molecule has 0 saturated carbocycles. The lowest BCUT2D eigenvalue weighted by Crippen LogP contribution is -2.08. The van der Waals surface area contributed by atoms with E-state index in [9.17, 15) is 9.90 Å². The van der Waals surface area contributed by atoms with Crippen molar-refractivity contribution in [1.82, 2.24) is 9.78 Å². The van der Waals surface area contributed by atoms with Crippen molar-refractivity contribution < 1.29 is 19.7 Å². The molecular formula is C11H10N2O4. The summed E-state index contributed by atoms with van der Waals surface area (Å²) < 4.78 is 6.58. The van der Waals surface area contributed by atoms with Crippen molar-refractivity contribution in [3.05, 3.63) is 36.7 Å². The van der Waals surface area contributed by atoms with E-state index >= 15 is 0 Å². The van der Waals surface area contributed by atoms with Crippen LogP contribution >= 0.6 is 0 Å². The van der Waals surface area contributed by atoms with Crippen LogP contribution in [0.1, 0.15) is 0 Å². The first-order chi connectivity index (χ1) is 8.15. The molecule has 0 saturated heterocycles. The van der Waals surface area contributed by atoms with Gasteiger partial charge in [0.2, 0.25) is 0 Å². The van der Waals surface area contributed by atoms with Crippen molar-refractivity contribution in [2.24, 2.45) is 0 Å². The molecule has 1 heterocycles. The second kappa shape index (κ2) is 4.56. The molecule has 0 aliphatic heterocycles. The summed E-state index contributed by atoms with van der Waals surface area (Å²) in [6.07, 6.45) is 2.83. The lowest BCUT2D eigenvalue weighted by atomic mass is 10.3. The standard InChI is InChI=1S/C11H10N2O4/c14-9-3-1-2-4-10(9)17-8-5-12-13(6-8)7-11(15)16/h1-6,14H,7H2,(H,15,16). The molecular weight excluding hydrogens is 224 g/mol. The minimum Gasteiger partial charge on any atom is -0.504 e. The average Bonchev–Trinajstić information content (AvgIpc) is 2.68. The number of phenols is 1. The van der Waals surface area contributed by atoms with Gasteiger partial charge in [0.05, 0.1) is 12.4 Å². The van der Waals surface area contributed by atoms with Crippen LogP contribution in [-0.2, 0) is 11.3 Å². The van der Waals surface area contributed by atoms with Gasteiger partial charge in [0.25, 0.3) is 0 Å². The van der Waals surface area contributed by atoms with Crippen LogP contribution in [0.15, 0.2) is 36.7 Å². The molecule has 17 heavy (non-hydrogen) atoms. The van der Waals surface area contributed by atoms with Crippen LogP contribution in [0.5, 0.6) is 17.2 Å². The third kappa shape index (κ3) is 2.75. The highest BCUT2D eigenvalue weighted by molar-refractivity contribution is 5.66. The summed E-state index contributed by atoms with van der Waals surface area (Å²) in [5.74, 6) is -0.309. The quantitative estimate of drug-likeness (QED) is 0.836. The first-order valence-electron chi connectivity index (χ1n) is 4.85. The number of ether oxygens (including phenoxy) is 1. The van der Waals surface area contributed by atoms with Crippen LogP contribution < -0.4 is 4.74 Å². The summed E-state index contributed by atoms with van der Waals surface area (Å²) in [6, 6.07) is 6.49. The first kappa shape index (κ1) is 11.0. The lowest BCUT2D eigenvalue weighted by molar-refractivity contribution is -0.137. The zero-order valence-electron chi connectivity index (χ0n) is 8.78. The minimum absolute atomic E-state index is 0.0125. The SMILES string of the molecule is O=C(O)Cn1cc(Oc2ccccc2O)cn1. The van der Waals surface area contributed by atoms with Crippen LogP contribution in [0.25, 0.3) is 0 Å². The molecule has 6 heteroatoms. The maximum atomic E-state index is 10.4. The number of aromatic nitrogens is 2. The maximum absolute atomic E-state index is 10.4. The van der Waals surface area contributed by atoms with Crippen molar-refractivity contribution in [3.63, 3.8) is 0 Å². The number of hydrogen-bond acceptors (Lipinski definition) is 4. The molecule has 2 rings (SSSR count). The molecule has 88 valence electrons.